The van der Waals surface area contributed by atoms with Gasteiger partial charge in [-0.15, -0.1) is 16.8 Å². The van der Waals surface area contributed by atoms with Crippen LogP contribution in [0.2, 0.25) is 0 Å². The van der Waals surface area contributed by atoms with Gasteiger partial charge in [0.1, 0.15) is 5.75 Å². The van der Waals surface area contributed by atoms with E-state index in [1.165, 1.54) is 11.8 Å². The lowest BCUT2D eigenvalue weighted by Gasteiger charge is -2.10. The van der Waals surface area contributed by atoms with Crippen LogP contribution in [0.25, 0.3) is 11.4 Å². The van der Waals surface area contributed by atoms with Gasteiger partial charge >= 0.3 is 0 Å². The monoisotopic (exact) mass is 286 g/mol. The summed E-state index contributed by atoms with van der Waals surface area (Å²) in [5, 5.41) is 17.8. The van der Waals surface area contributed by atoms with Gasteiger partial charge in [-0.2, -0.15) is 5.26 Å². The molecule has 1 heterocycles. The Hall–Kier alpha value is -2.26. The number of hydrogen-bond acceptors (Lipinski definition) is 5. The molecule has 0 bridgehead atoms. The molecule has 0 N–H and O–H groups in total. The number of nitrogens with zero attached hydrogens (tertiary/aromatic N) is 4. The number of hydrogen-bond donors (Lipinski definition) is 0. The molecule has 102 valence electrons. The van der Waals surface area contributed by atoms with E-state index in [1.807, 2.05) is 28.8 Å². The zero-order chi connectivity index (χ0) is 14.4. The van der Waals surface area contributed by atoms with E-state index in [0.717, 1.165) is 11.3 Å². The first-order chi connectivity index (χ1) is 9.81. The molecular weight excluding hydrogens is 272 g/mol. The molecular formula is C14H14N4OS. The van der Waals surface area contributed by atoms with E-state index < -0.39 is 0 Å². The van der Waals surface area contributed by atoms with E-state index in [9.17, 15) is 0 Å². The summed E-state index contributed by atoms with van der Waals surface area (Å²) in [6, 6.07) is 9.73. The lowest BCUT2D eigenvalue weighted by Crippen LogP contribution is -2.01. The number of allylic oxidation sites excluding steroid dienone is 1. The second-order valence-corrected chi connectivity index (χ2v) is 4.80. The minimum absolute atomic E-state index is 0.335. The first-order valence-corrected chi connectivity index (χ1v) is 6.97. The Morgan fingerprint density at radius 3 is 2.95 bits per heavy atom. The number of methoxy groups -OCH3 is 1. The Morgan fingerprint density at radius 1 is 1.45 bits per heavy atom. The Bertz CT molecular complexity index is 645. The summed E-state index contributed by atoms with van der Waals surface area (Å²) in [5.41, 5.74) is 0.869. The van der Waals surface area contributed by atoms with Gasteiger partial charge in [0, 0.05) is 6.54 Å². The fraction of sp³-hybridized carbons (Fsp3) is 0.214. The van der Waals surface area contributed by atoms with Gasteiger partial charge in [0.2, 0.25) is 0 Å². The molecule has 5 nitrogen and oxygen atoms in total. The molecule has 0 amide bonds. The summed E-state index contributed by atoms with van der Waals surface area (Å²) in [4.78, 5) is 0. The molecule has 1 aromatic carbocycles. The van der Waals surface area contributed by atoms with Crippen molar-refractivity contribution in [1.82, 2.24) is 14.8 Å². The van der Waals surface area contributed by atoms with Gasteiger partial charge in [0.25, 0.3) is 0 Å². The van der Waals surface area contributed by atoms with Crippen LogP contribution < -0.4 is 4.74 Å². The third-order valence-corrected chi connectivity index (χ3v) is 3.48. The highest BCUT2D eigenvalue weighted by Crippen LogP contribution is 2.30. The van der Waals surface area contributed by atoms with Crippen molar-refractivity contribution < 1.29 is 4.74 Å². The van der Waals surface area contributed by atoms with Crippen LogP contribution >= 0.6 is 11.8 Å². The van der Waals surface area contributed by atoms with Gasteiger partial charge in [-0.25, -0.2) is 0 Å². The van der Waals surface area contributed by atoms with E-state index in [1.54, 1.807) is 13.2 Å². The first kappa shape index (κ1) is 14.2. The largest absolute Gasteiger partial charge is 0.496 e. The molecule has 0 radical (unpaired) electrons. The highest BCUT2D eigenvalue weighted by atomic mass is 32.2. The maximum Gasteiger partial charge on any atom is 0.192 e. The molecule has 1 aromatic heterocycles. The number of benzene rings is 1. The fourth-order valence-electron chi connectivity index (χ4n) is 1.81. The highest BCUT2D eigenvalue weighted by molar-refractivity contribution is 7.99. The second-order valence-electron chi connectivity index (χ2n) is 3.85. The number of para-hydroxylation sites is 1. The molecule has 0 spiro atoms. The number of aromatic nitrogens is 3. The average Bonchev–Trinajstić information content (AvgIpc) is 2.88. The summed E-state index contributed by atoms with van der Waals surface area (Å²) in [5.74, 6) is 1.78. The average molecular weight is 286 g/mol. The van der Waals surface area contributed by atoms with E-state index in [-0.39, 0.29) is 0 Å². The summed E-state index contributed by atoms with van der Waals surface area (Å²) in [7, 11) is 1.62. The molecule has 2 aromatic rings. The normalized spacial score (nSPS) is 10.0. The van der Waals surface area contributed by atoms with Gasteiger partial charge in [0.05, 0.1) is 24.5 Å². The van der Waals surface area contributed by atoms with E-state index in [0.29, 0.717) is 23.3 Å². The van der Waals surface area contributed by atoms with Crippen LogP contribution in [-0.4, -0.2) is 27.6 Å². The Kier molecular flexibility index (Phi) is 4.80. The van der Waals surface area contributed by atoms with Crippen LogP contribution in [-0.2, 0) is 6.54 Å². The second kappa shape index (κ2) is 6.78. The lowest BCUT2D eigenvalue weighted by atomic mass is 10.2. The molecule has 0 aliphatic rings. The van der Waals surface area contributed by atoms with Crippen molar-refractivity contribution in [2.75, 3.05) is 12.9 Å². The van der Waals surface area contributed by atoms with E-state index >= 15 is 0 Å². The third-order valence-electron chi connectivity index (χ3n) is 2.64. The zero-order valence-corrected chi connectivity index (χ0v) is 11.9. The molecule has 20 heavy (non-hydrogen) atoms. The quantitative estimate of drug-likeness (QED) is 0.603. The molecule has 0 aliphatic heterocycles. The predicted molar refractivity (Wildman–Crippen MR) is 78.5 cm³/mol. The molecule has 0 saturated carbocycles. The molecule has 0 unspecified atom stereocenters. The lowest BCUT2D eigenvalue weighted by molar-refractivity contribution is 0.416. The number of rotatable bonds is 6. The van der Waals surface area contributed by atoms with Crippen molar-refractivity contribution in [3.63, 3.8) is 0 Å². The van der Waals surface area contributed by atoms with Gasteiger partial charge < -0.3 is 4.74 Å². The summed E-state index contributed by atoms with van der Waals surface area (Å²) in [6.07, 6.45) is 1.78. The maximum absolute atomic E-state index is 8.69. The van der Waals surface area contributed by atoms with Crippen LogP contribution in [0.3, 0.4) is 0 Å². The Labute approximate surface area is 121 Å². The number of nitriles is 1. The zero-order valence-electron chi connectivity index (χ0n) is 11.1. The summed E-state index contributed by atoms with van der Waals surface area (Å²) < 4.78 is 7.28. The maximum atomic E-state index is 8.69. The van der Waals surface area contributed by atoms with Crippen molar-refractivity contribution in [3.8, 4) is 23.2 Å². The van der Waals surface area contributed by atoms with Gasteiger partial charge in [-0.1, -0.05) is 30.0 Å². The predicted octanol–water partition coefficient (Wildman–Crippen LogP) is 2.76. The van der Waals surface area contributed by atoms with E-state index in [2.05, 4.69) is 22.8 Å². The van der Waals surface area contributed by atoms with E-state index in [4.69, 9.17) is 10.00 Å². The molecule has 0 atom stereocenters. The van der Waals surface area contributed by atoms with Crippen molar-refractivity contribution >= 4 is 11.8 Å². The van der Waals surface area contributed by atoms with Gasteiger partial charge in [0.15, 0.2) is 11.0 Å². The summed E-state index contributed by atoms with van der Waals surface area (Å²) in [6.45, 7) is 4.33. The van der Waals surface area contributed by atoms with Crippen molar-refractivity contribution in [2.45, 2.75) is 11.7 Å². The molecule has 2 rings (SSSR count). The van der Waals surface area contributed by atoms with Gasteiger partial charge in [-0.05, 0) is 12.1 Å². The SMILES string of the molecule is C=CCn1c(SCC#N)nnc1-c1ccccc1OC. The number of thioether (sulfide) groups is 1. The number of ether oxygens (including phenoxy) is 1. The Morgan fingerprint density at radius 2 is 2.25 bits per heavy atom. The molecule has 6 heteroatoms. The minimum atomic E-state index is 0.335. The highest BCUT2D eigenvalue weighted by Gasteiger charge is 2.16. The molecule has 0 aliphatic carbocycles. The molecule has 0 fully saturated rings. The van der Waals surface area contributed by atoms with Crippen LogP contribution in [0.1, 0.15) is 0 Å². The standard InChI is InChI=1S/C14H14N4OS/c1-3-9-18-13(16-17-14(18)20-10-8-15)11-6-4-5-7-12(11)19-2/h3-7H,1,9-10H2,2H3. The van der Waals surface area contributed by atoms with Crippen LogP contribution in [0.5, 0.6) is 5.75 Å². The molecule has 0 saturated heterocycles. The van der Waals surface area contributed by atoms with Crippen molar-refractivity contribution in [1.29, 1.82) is 5.26 Å². The van der Waals surface area contributed by atoms with Crippen molar-refractivity contribution in [3.05, 3.63) is 36.9 Å². The summed E-state index contributed by atoms with van der Waals surface area (Å²) >= 11 is 1.36. The van der Waals surface area contributed by atoms with Crippen molar-refractivity contribution in [2.24, 2.45) is 0 Å². The Balaban J connectivity index is 2.48. The fourth-order valence-corrected chi connectivity index (χ4v) is 2.42. The third kappa shape index (κ3) is 2.83. The smallest absolute Gasteiger partial charge is 0.192 e. The topological polar surface area (TPSA) is 63.7 Å². The minimum Gasteiger partial charge on any atom is -0.496 e. The first-order valence-electron chi connectivity index (χ1n) is 5.99. The van der Waals surface area contributed by atoms with Crippen LogP contribution in [0, 0.1) is 11.3 Å². The van der Waals surface area contributed by atoms with Crippen LogP contribution in [0.15, 0.2) is 42.1 Å². The van der Waals surface area contributed by atoms with Crippen LogP contribution in [0.4, 0.5) is 0 Å². The van der Waals surface area contributed by atoms with Gasteiger partial charge in [-0.3, -0.25) is 4.57 Å².